The average Bonchev–Trinajstić information content (AvgIpc) is 3.31. The van der Waals surface area contributed by atoms with Gasteiger partial charge in [-0.3, -0.25) is 14.4 Å². The van der Waals surface area contributed by atoms with E-state index in [-0.39, 0.29) is 17.9 Å². The first-order valence-corrected chi connectivity index (χ1v) is 9.97. The smallest absolute Gasteiger partial charge is 0.333 e. The monoisotopic (exact) mass is 452 g/mol. The maximum Gasteiger partial charge on any atom is 0.333 e. The first-order valence-electron chi connectivity index (χ1n) is 9.59. The molecule has 0 saturated carbocycles. The number of carbonyl (C=O) groups excluding carboxylic acids is 4. The van der Waals surface area contributed by atoms with Crippen LogP contribution in [0.5, 0.6) is 5.75 Å². The Balaban J connectivity index is 1.71. The lowest BCUT2D eigenvalue weighted by atomic mass is 10.1. The number of Topliss-reactive ketones (excluding diaryl/α,β-unsaturated/α-hetero) is 1. The van der Waals surface area contributed by atoms with Gasteiger partial charge in [0.15, 0.2) is 0 Å². The van der Waals surface area contributed by atoms with Crippen molar-refractivity contribution in [3.8, 4) is 5.75 Å². The van der Waals surface area contributed by atoms with Crippen LogP contribution in [0.3, 0.4) is 0 Å². The number of benzene rings is 2. The van der Waals surface area contributed by atoms with Crippen molar-refractivity contribution in [3.63, 3.8) is 0 Å². The predicted molar refractivity (Wildman–Crippen MR) is 115 cm³/mol. The quantitative estimate of drug-likeness (QED) is 0.267. The van der Waals surface area contributed by atoms with Crippen molar-refractivity contribution in [2.75, 3.05) is 6.61 Å². The molecule has 1 N–H and O–H groups in total. The Kier molecular flexibility index (Phi) is 5.79. The van der Waals surface area contributed by atoms with Gasteiger partial charge in [-0.1, -0.05) is 23.7 Å². The van der Waals surface area contributed by atoms with Crippen molar-refractivity contribution in [1.82, 2.24) is 9.88 Å². The van der Waals surface area contributed by atoms with Crippen LogP contribution in [0.15, 0.2) is 60.4 Å². The molecule has 32 heavy (non-hydrogen) atoms. The van der Waals surface area contributed by atoms with E-state index in [0.717, 1.165) is 11.6 Å². The number of carbonyl (C=O) groups is 4. The number of nitrogens with one attached hydrogen (secondary N) is 1. The lowest BCUT2D eigenvalue weighted by molar-refractivity contribution is -0.135. The number of amides is 1. The number of halogens is 1. The maximum atomic E-state index is 12.9. The van der Waals surface area contributed by atoms with Crippen molar-refractivity contribution < 1.29 is 28.7 Å². The molecule has 1 amide bonds. The molecule has 3 aromatic rings. The second-order valence-corrected chi connectivity index (χ2v) is 7.57. The van der Waals surface area contributed by atoms with Crippen molar-refractivity contribution in [2.24, 2.45) is 0 Å². The van der Waals surface area contributed by atoms with Crippen LogP contribution in [0.1, 0.15) is 22.8 Å². The molecular formula is C23H17ClN2O6. The summed E-state index contributed by atoms with van der Waals surface area (Å²) in [7, 11) is 0. The summed E-state index contributed by atoms with van der Waals surface area (Å²) in [5.74, 6) is -2.40. The minimum atomic E-state index is -0.885. The molecule has 0 saturated heterocycles. The third-order valence-electron chi connectivity index (χ3n) is 4.77. The third-order valence-corrected chi connectivity index (χ3v) is 5.02. The largest absolute Gasteiger partial charge is 0.456 e. The molecule has 0 spiro atoms. The number of rotatable bonds is 6. The highest BCUT2D eigenvalue weighted by Gasteiger charge is 2.24. The van der Waals surface area contributed by atoms with E-state index in [0.29, 0.717) is 28.2 Å². The van der Waals surface area contributed by atoms with Gasteiger partial charge in [0.25, 0.3) is 11.7 Å². The van der Waals surface area contributed by atoms with Gasteiger partial charge in [0.2, 0.25) is 0 Å². The van der Waals surface area contributed by atoms with Gasteiger partial charge < -0.3 is 19.4 Å². The van der Waals surface area contributed by atoms with E-state index in [4.69, 9.17) is 21.1 Å². The molecule has 0 radical (unpaired) electrons. The number of esters is 2. The highest BCUT2D eigenvalue weighted by Crippen LogP contribution is 2.28. The Morgan fingerprint density at radius 2 is 1.91 bits per heavy atom. The summed E-state index contributed by atoms with van der Waals surface area (Å²) in [6.45, 7) is 1.59. The number of cyclic esters (lactones) is 1. The number of nitrogens with zero attached hydrogens (tertiary/aromatic N) is 1. The van der Waals surface area contributed by atoms with E-state index in [9.17, 15) is 19.2 Å². The Morgan fingerprint density at radius 1 is 1.16 bits per heavy atom. The summed E-state index contributed by atoms with van der Waals surface area (Å²) in [4.78, 5) is 48.0. The van der Waals surface area contributed by atoms with Crippen LogP contribution in [0.2, 0.25) is 5.02 Å². The average molecular weight is 453 g/mol. The highest BCUT2D eigenvalue weighted by molar-refractivity contribution is 6.45. The summed E-state index contributed by atoms with van der Waals surface area (Å²) in [6, 6.07) is 12.0. The molecule has 0 aliphatic carbocycles. The van der Waals surface area contributed by atoms with Gasteiger partial charge in [0.1, 0.15) is 12.4 Å². The topological polar surface area (TPSA) is 104 Å². The van der Waals surface area contributed by atoms with Crippen LogP contribution >= 0.6 is 11.6 Å². The Morgan fingerprint density at radius 3 is 2.56 bits per heavy atom. The molecule has 9 heteroatoms. The standard InChI is InChI=1S/C23H17ClN2O6/c1-13(27)32-17-6-7-18-19(22(29)23(30)25-16-8-21(28)31-12-16)11-26(20(18)9-17)10-14-2-4-15(24)5-3-14/h2-9,11H,10,12H2,1H3,(H,25,30). The van der Waals surface area contributed by atoms with Gasteiger partial charge in [0.05, 0.1) is 16.8 Å². The Hall–Kier alpha value is -3.91. The van der Waals surface area contributed by atoms with Crippen molar-refractivity contribution in [2.45, 2.75) is 13.5 Å². The zero-order chi connectivity index (χ0) is 22.8. The molecule has 1 aliphatic heterocycles. The summed E-state index contributed by atoms with van der Waals surface area (Å²) in [5.41, 5.74) is 1.91. The van der Waals surface area contributed by atoms with Crippen LogP contribution < -0.4 is 10.1 Å². The SMILES string of the molecule is CC(=O)Oc1ccc2c(C(=O)C(=O)NC3=CC(=O)OC3)cn(Cc3ccc(Cl)cc3)c2c1. The molecule has 2 aromatic carbocycles. The van der Waals surface area contributed by atoms with Gasteiger partial charge in [-0.2, -0.15) is 0 Å². The van der Waals surface area contributed by atoms with Gasteiger partial charge in [-0.25, -0.2) is 4.79 Å². The second kappa shape index (κ2) is 8.68. The minimum absolute atomic E-state index is 0.0953. The molecule has 0 fully saturated rings. The molecule has 4 rings (SSSR count). The third kappa shape index (κ3) is 4.55. The maximum absolute atomic E-state index is 12.9. The number of fused-ring (bicyclic) bond motifs is 1. The Labute approximate surface area is 187 Å². The van der Waals surface area contributed by atoms with Gasteiger partial charge in [-0.15, -0.1) is 0 Å². The number of hydrogen-bond acceptors (Lipinski definition) is 6. The first-order chi connectivity index (χ1) is 15.3. The molecule has 1 aromatic heterocycles. The summed E-state index contributed by atoms with van der Waals surface area (Å²) >= 11 is 5.96. The zero-order valence-corrected chi connectivity index (χ0v) is 17.6. The van der Waals surface area contributed by atoms with Gasteiger partial charge in [-0.05, 0) is 29.8 Å². The first kappa shape index (κ1) is 21.3. The minimum Gasteiger partial charge on any atom is -0.456 e. The molecule has 0 bridgehead atoms. The van der Waals surface area contributed by atoms with E-state index in [2.05, 4.69) is 5.32 Å². The second-order valence-electron chi connectivity index (χ2n) is 7.13. The number of ether oxygens (including phenoxy) is 2. The van der Waals surface area contributed by atoms with Crippen molar-refractivity contribution in [3.05, 3.63) is 76.6 Å². The predicted octanol–water partition coefficient (Wildman–Crippen LogP) is 3.01. The van der Waals surface area contributed by atoms with E-state index in [1.165, 1.54) is 6.92 Å². The summed E-state index contributed by atoms with van der Waals surface area (Å²) < 4.78 is 11.7. The zero-order valence-electron chi connectivity index (χ0n) is 16.9. The lowest BCUT2D eigenvalue weighted by Gasteiger charge is -2.07. The van der Waals surface area contributed by atoms with Gasteiger partial charge >= 0.3 is 11.9 Å². The van der Waals surface area contributed by atoms with Crippen LogP contribution in [0.25, 0.3) is 10.9 Å². The highest BCUT2D eigenvalue weighted by atomic mass is 35.5. The molecule has 162 valence electrons. The van der Waals surface area contributed by atoms with E-state index >= 15 is 0 Å². The van der Waals surface area contributed by atoms with Crippen LogP contribution in [-0.4, -0.2) is 34.8 Å². The number of aromatic nitrogens is 1. The molecule has 0 unspecified atom stereocenters. The van der Waals surface area contributed by atoms with E-state index in [1.807, 2.05) is 12.1 Å². The normalized spacial score (nSPS) is 12.9. The van der Waals surface area contributed by atoms with Crippen LogP contribution in [0.4, 0.5) is 0 Å². The van der Waals surface area contributed by atoms with Crippen molar-refractivity contribution in [1.29, 1.82) is 0 Å². The fourth-order valence-corrected chi connectivity index (χ4v) is 3.50. The molecule has 2 heterocycles. The van der Waals surface area contributed by atoms with Crippen LogP contribution in [-0.2, 0) is 25.7 Å². The summed E-state index contributed by atoms with van der Waals surface area (Å²) in [6.07, 6.45) is 2.70. The number of ketones is 1. The fourth-order valence-electron chi connectivity index (χ4n) is 3.37. The molecule has 8 nitrogen and oxygen atoms in total. The van der Waals surface area contributed by atoms with Gasteiger partial charge in [0, 0.05) is 42.2 Å². The van der Waals surface area contributed by atoms with Crippen LogP contribution in [0, 0.1) is 0 Å². The van der Waals surface area contributed by atoms with E-state index < -0.39 is 23.6 Å². The van der Waals surface area contributed by atoms with E-state index in [1.54, 1.807) is 41.1 Å². The molecule has 0 atom stereocenters. The fraction of sp³-hybridized carbons (Fsp3) is 0.130. The lowest BCUT2D eigenvalue weighted by Crippen LogP contribution is -2.31. The number of hydrogen-bond donors (Lipinski definition) is 1. The summed E-state index contributed by atoms with van der Waals surface area (Å²) in [5, 5.41) is 3.52. The molecule has 1 aliphatic rings. The van der Waals surface area contributed by atoms with Crippen molar-refractivity contribution >= 4 is 46.1 Å². The molecular weight excluding hydrogens is 436 g/mol. The Bertz CT molecular complexity index is 1290.